The molecule has 0 radical (unpaired) electrons. The number of ether oxygens (including phenoxy) is 1. The first-order valence-corrected chi connectivity index (χ1v) is 6.94. The topological polar surface area (TPSA) is 76.4 Å². The maximum atomic E-state index is 12.0. The SMILES string of the molecule is C=C(NNC(=O)c1ccccc1N)c1ccc(OCC)cc1. The summed E-state index contributed by atoms with van der Waals surface area (Å²) >= 11 is 0. The van der Waals surface area contributed by atoms with E-state index in [9.17, 15) is 4.79 Å². The number of carbonyl (C=O) groups excluding carboxylic acids is 1. The Labute approximate surface area is 129 Å². The van der Waals surface area contributed by atoms with Crippen LogP contribution in [0.2, 0.25) is 0 Å². The van der Waals surface area contributed by atoms with Crippen LogP contribution in [0.15, 0.2) is 55.1 Å². The van der Waals surface area contributed by atoms with Crippen molar-refractivity contribution in [3.63, 3.8) is 0 Å². The van der Waals surface area contributed by atoms with Crippen molar-refractivity contribution in [2.45, 2.75) is 6.92 Å². The molecular formula is C17H19N3O2. The summed E-state index contributed by atoms with van der Waals surface area (Å²) in [6.45, 7) is 6.44. The number of hydrogen-bond donors (Lipinski definition) is 3. The second-order valence-corrected chi connectivity index (χ2v) is 4.60. The summed E-state index contributed by atoms with van der Waals surface area (Å²) in [5.41, 5.74) is 13.4. The van der Waals surface area contributed by atoms with E-state index in [4.69, 9.17) is 10.5 Å². The smallest absolute Gasteiger partial charge is 0.271 e. The van der Waals surface area contributed by atoms with Gasteiger partial charge in [-0.25, -0.2) is 0 Å². The third-order valence-corrected chi connectivity index (χ3v) is 3.05. The molecule has 5 heteroatoms. The van der Waals surface area contributed by atoms with Crippen LogP contribution in [0.4, 0.5) is 5.69 Å². The highest BCUT2D eigenvalue weighted by Crippen LogP contribution is 2.16. The number of anilines is 1. The van der Waals surface area contributed by atoms with Gasteiger partial charge < -0.3 is 10.5 Å². The van der Waals surface area contributed by atoms with Crippen LogP contribution >= 0.6 is 0 Å². The number of nitrogens with one attached hydrogen (secondary N) is 2. The molecule has 0 aliphatic carbocycles. The van der Waals surface area contributed by atoms with E-state index in [-0.39, 0.29) is 5.91 Å². The Hall–Kier alpha value is -2.95. The molecule has 4 N–H and O–H groups in total. The van der Waals surface area contributed by atoms with Crippen LogP contribution in [0.1, 0.15) is 22.8 Å². The van der Waals surface area contributed by atoms with Crippen LogP contribution in [0.5, 0.6) is 5.75 Å². The van der Waals surface area contributed by atoms with Gasteiger partial charge in [0.2, 0.25) is 0 Å². The van der Waals surface area contributed by atoms with Gasteiger partial charge in [0.05, 0.1) is 17.9 Å². The van der Waals surface area contributed by atoms with Gasteiger partial charge in [-0.2, -0.15) is 0 Å². The molecule has 0 atom stereocenters. The highest BCUT2D eigenvalue weighted by atomic mass is 16.5. The van der Waals surface area contributed by atoms with Crippen molar-refractivity contribution in [1.82, 2.24) is 10.9 Å². The molecule has 0 aromatic heterocycles. The Morgan fingerprint density at radius 1 is 1.14 bits per heavy atom. The molecule has 2 aromatic rings. The Morgan fingerprint density at radius 3 is 2.45 bits per heavy atom. The second kappa shape index (κ2) is 7.17. The van der Waals surface area contributed by atoms with Gasteiger partial charge in [-0.05, 0) is 48.9 Å². The van der Waals surface area contributed by atoms with Gasteiger partial charge in [-0.1, -0.05) is 18.7 Å². The summed E-state index contributed by atoms with van der Waals surface area (Å²) in [7, 11) is 0. The van der Waals surface area contributed by atoms with Gasteiger partial charge in [0.1, 0.15) is 5.75 Å². The molecule has 2 rings (SSSR count). The number of nitrogen functional groups attached to an aromatic ring is 1. The average Bonchev–Trinajstić information content (AvgIpc) is 2.54. The van der Waals surface area contributed by atoms with E-state index in [1.54, 1.807) is 24.3 Å². The maximum absolute atomic E-state index is 12.0. The van der Waals surface area contributed by atoms with Crippen LogP contribution in [0.3, 0.4) is 0 Å². The number of hydrazine groups is 1. The molecule has 22 heavy (non-hydrogen) atoms. The van der Waals surface area contributed by atoms with Crippen molar-refractivity contribution >= 4 is 17.3 Å². The molecule has 1 amide bonds. The molecule has 0 saturated heterocycles. The third-order valence-electron chi connectivity index (χ3n) is 3.05. The highest BCUT2D eigenvalue weighted by molar-refractivity contribution is 5.99. The average molecular weight is 297 g/mol. The molecule has 0 aliphatic heterocycles. The van der Waals surface area contributed by atoms with Crippen LogP contribution < -0.4 is 21.3 Å². The minimum absolute atomic E-state index is 0.315. The van der Waals surface area contributed by atoms with Gasteiger partial charge in [0.25, 0.3) is 5.91 Å². The molecule has 0 unspecified atom stereocenters. The molecule has 0 saturated carbocycles. The summed E-state index contributed by atoms with van der Waals surface area (Å²) < 4.78 is 5.38. The highest BCUT2D eigenvalue weighted by Gasteiger charge is 2.08. The molecule has 0 aliphatic rings. The molecule has 2 aromatic carbocycles. The number of para-hydroxylation sites is 1. The number of rotatable bonds is 6. The lowest BCUT2D eigenvalue weighted by molar-refractivity contribution is 0.0943. The zero-order chi connectivity index (χ0) is 15.9. The van der Waals surface area contributed by atoms with E-state index in [1.165, 1.54) is 0 Å². The monoisotopic (exact) mass is 297 g/mol. The molecule has 0 heterocycles. The number of carbonyl (C=O) groups is 1. The fraction of sp³-hybridized carbons (Fsp3) is 0.118. The third kappa shape index (κ3) is 3.79. The van der Waals surface area contributed by atoms with Crippen molar-refractivity contribution in [2.24, 2.45) is 0 Å². The number of benzene rings is 2. The molecule has 0 spiro atoms. The number of nitrogens with two attached hydrogens (primary N) is 1. The predicted molar refractivity (Wildman–Crippen MR) is 88.1 cm³/mol. The Balaban J connectivity index is 1.95. The summed E-state index contributed by atoms with van der Waals surface area (Å²) in [4.78, 5) is 12.0. The lowest BCUT2D eigenvalue weighted by Gasteiger charge is -2.12. The molecular weight excluding hydrogens is 278 g/mol. The van der Waals surface area contributed by atoms with E-state index >= 15 is 0 Å². The van der Waals surface area contributed by atoms with Gasteiger partial charge >= 0.3 is 0 Å². The predicted octanol–water partition coefficient (Wildman–Crippen LogP) is 2.57. The first-order valence-electron chi connectivity index (χ1n) is 6.94. The van der Waals surface area contributed by atoms with Crippen molar-refractivity contribution in [3.05, 3.63) is 66.2 Å². The Morgan fingerprint density at radius 2 is 1.82 bits per heavy atom. The molecule has 5 nitrogen and oxygen atoms in total. The summed E-state index contributed by atoms with van der Waals surface area (Å²) in [5, 5.41) is 0. The van der Waals surface area contributed by atoms with Crippen LogP contribution in [-0.4, -0.2) is 12.5 Å². The van der Waals surface area contributed by atoms with Crippen LogP contribution in [0, 0.1) is 0 Å². The quantitative estimate of drug-likeness (QED) is 0.566. The van der Waals surface area contributed by atoms with Crippen LogP contribution in [-0.2, 0) is 0 Å². The lowest BCUT2D eigenvalue weighted by Crippen LogP contribution is -2.36. The first-order chi connectivity index (χ1) is 10.6. The number of amides is 1. The lowest BCUT2D eigenvalue weighted by atomic mass is 10.1. The summed E-state index contributed by atoms with van der Waals surface area (Å²) in [6, 6.07) is 14.3. The minimum atomic E-state index is -0.315. The molecule has 0 bridgehead atoms. The fourth-order valence-electron chi connectivity index (χ4n) is 1.89. The normalized spacial score (nSPS) is 9.86. The Bertz CT molecular complexity index is 666. The van der Waals surface area contributed by atoms with Crippen molar-refractivity contribution in [3.8, 4) is 5.75 Å². The van der Waals surface area contributed by atoms with E-state index in [2.05, 4.69) is 17.4 Å². The van der Waals surface area contributed by atoms with Gasteiger partial charge in [0.15, 0.2) is 0 Å². The fourth-order valence-corrected chi connectivity index (χ4v) is 1.89. The van der Waals surface area contributed by atoms with Crippen molar-refractivity contribution in [2.75, 3.05) is 12.3 Å². The minimum Gasteiger partial charge on any atom is -0.494 e. The van der Waals surface area contributed by atoms with Crippen molar-refractivity contribution < 1.29 is 9.53 Å². The zero-order valence-electron chi connectivity index (χ0n) is 12.4. The maximum Gasteiger partial charge on any atom is 0.271 e. The largest absolute Gasteiger partial charge is 0.494 e. The standard InChI is InChI=1S/C17H19N3O2/c1-3-22-14-10-8-13(9-11-14)12(2)19-20-17(21)15-6-4-5-7-16(15)18/h4-11,19H,2-3,18H2,1H3,(H,20,21). The van der Waals surface area contributed by atoms with E-state index < -0.39 is 0 Å². The van der Waals surface area contributed by atoms with E-state index in [0.29, 0.717) is 23.6 Å². The number of hydrogen-bond acceptors (Lipinski definition) is 4. The van der Waals surface area contributed by atoms with E-state index in [1.807, 2.05) is 31.2 Å². The second-order valence-electron chi connectivity index (χ2n) is 4.60. The van der Waals surface area contributed by atoms with Crippen molar-refractivity contribution in [1.29, 1.82) is 0 Å². The summed E-state index contributed by atoms with van der Waals surface area (Å²) in [5.74, 6) is 0.477. The first kappa shape index (κ1) is 15.4. The van der Waals surface area contributed by atoms with Crippen LogP contribution in [0.25, 0.3) is 5.70 Å². The van der Waals surface area contributed by atoms with Gasteiger partial charge in [-0.3, -0.25) is 15.6 Å². The Kier molecular flexibility index (Phi) is 5.03. The molecule has 0 fully saturated rings. The zero-order valence-corrected chi connectivity index (χ0v) is 12.4. The summed E-state index contributed by atoms with van der Waals surface area (Å²) in [6.07, 6.45) is 0. The molecule has 114 valence electrons. The van der Waals surface area contributed by atoms with E-state index in [0.717, 1.165) is 11.3 Å². The van der Waals surface area contributed by atoms with Gasteiger partial charge in [0, 0.05) is 5.69 Å². The van der Waals surface area contributed by atoms with Gasteiger partial charge in [-0.15, -0.1) is 0 Å².